The minimum absolute atomic E-state index is 0.357. The quantitative estimate of drug-likeness (QED) is 0.902. The van der Waals surface area contributed by atoms with Crippen LogP contribution in [0.25, 0.3) is 0 Å². The van der Waals surface area contributed by atoms with Gasteiger partial charge in [0.1, 0.15) is 0 Å². The summed E-state index contributed by atoms with van der Waals surface area (Å²) < 4.78 is 0. The molecule has 0 radical (unpaired) electrons. The number of nitrogens with two attached hydrogens (primary N) is 1. The standard InChI is InChI=1S/C16H27N3/c1-12-6-5-7-15(14(12)3)16(10-17)19-9-8-18(4)13(2)11-19/h5-7,13,16H,8-11,17H2,1-4H3. The van der Waals surface area contributed by atoms with Crippen molar-refractivity contribution in [2.24, 2.45) is 5.73 Å². The first-order valence-electron chi connectivity index (χ1n) is 7.25. The second kappa shape index (κ2) is 6.04. The molecule has 1 heterocycles. The molecule has 2 unspecified atom stereocenters. The summed E-state index contributed by atoms with van der Waals surface area (Å²) in [5.74, 6) is 0. The van der Waals surface area contributed by atoms with Crippen LogP contribution in [0.2, 0.25) is 0 Å². The van der Waals surface area contributed by atoms with Gasteiger partial charge in [-0.3, -0.25) is 4.90 Å². The summed E-state index contributed by atoms with van der Waals surface area (Å²) in [7, 11) is 2.21. The molecule has 0 spiro atoms. The number of rotatable bonds is 3. The number of benzene rings is 1. The molecule has 0 amide bonds. The average Bonchev–Trinajstić information content (AvgIpc) is 2.39. The highest BCUT2D eigenvalue weighted by Crippen LogP contribution is 2.26. The third-order valence-electron chi connectivity index (χ3n) is 4.66. The summed E-state index contributed by atoms with van der Waals surface area (Å²) in [5.41, 5.74) is 10.2. The molecule has 0 bridgehead atoms. The van der Waals surface area contributed by atoms with Gasteiger partial charge in [0.05, 0.1) is 0 Å². The van der Waals surface area contributed by atoms with E-state index in [1.54, 1.807) is 0 Å². The predicted octanol–water partition coefficient (Wildman–Crippen LogP) is 1.94. The van der Waals surface area contributed by atoms with Gasteiger partial charge in [-0.25, -0.2) is 0 Å². The third kappa shape index (κ3) is 2.99. The van der Waals surface area contributed by atoms with E-state index in [9.17, 15) is 0 Å². The van der Waals surface area contributed by atoms with E-state index in [2.05, 4.69) is 55.8 Å². The number of nitrogens with zero attached hydrogens (tertiary/aromatic N) is 2. The molecular formula is C16H27N3. The lowest BCUT2D eigenvalue weighted by Gasteiger charge is -2.42. The summed E-state index contributed by atoms with van der Waals surface area (Å²) in [6, 6.07) is 7.53. The largest absolute Gasteiger partial charge is 0.329 e. The third-order valence-corrected chi connectivity index (χ3v) is 4.66. The first-order valence-corrected chi connectivity index (χ1v) is 7.25. The number of aryl methyl sites for hydroxylation is 1. The van der Waals surface area contributed by atoms with E-state index >= 15 is 0 Å². The lowest BCUT2D eigenvalue weighted by atomic mass is 9.95. The van der Waals surface area contributed by atoms with Crippen LogP contribution in [0.15, 0.2) is 18.2 Å². The highest BCUT2D eigenvalue weighted by atomic mass is 15.3. The molecule has 1 aromatic rings. The Morgan fingerprint density at radius 2 is 2.05 bits per heavy atom. The van der Waals surface area contributed by atoms with Crippen LogP contribution in [0.5, 0.6) is 0 Å². The highest BCUT2D eigenvalue weighted by molar-refractivity contribution is 5.35. The van der Waals surface area contributed by atoms with Gasteiger partial charge in [0, 0.05) is 38.3 Å². The molecule has 0 saturated carbocycles. The molecule has 1 fully saturated rings. The Balaban J connectivity index is 2.22. The van der Waals surface area contributed by atoms with E-state index in [1.807, 2.05) is 0 Å². The van der Waals surface area contributed by atoms with E-state index < -0.39 is 0 Å². The highest BCUT2D eigenvalue weighted by Gasteiger charge is 2.27. The maximum absolute atomic E-state index is 6.08. The molecule has 2 rings (SSSR count). The van der Waals surface area contributed by atoms with Crippen molar-refractivity contribution in [2.75, 3.05) is 33.2 Å². The Morgan fingerprint density at radius 3 is 2.68 bits per heavy atom. The second-order valence-electron chi connectivity index (χ2n) is 5.87. The molecule has 1 aliphatic heterocycles. The maximum atomic E-state index is 6.08. The molecule has 2 atom stereocenters. The molecule has 2 N–H and O–H groups in total. The first-order chi connectivity index (χ1) is 9.04. The SMILES string of the molecule is Cc1cccc(C(CN)N2CCN(C)C(C)C2)c1C. The van der Waals surface area contributed by atoms with Crippen molar-refractivity contribution >= 4 is 0 Å². The van der Waals surface area contributed by atoms with Crippen LogP contribution in [0.3, 0.4) is 0 Å². The topological polar surface area (TPSA) is 32.5 Å². The van der Waals surface area contributed by atoms with Gasteiger partial charge >= 0.3 is 0 Å². The molecule has 3 heteroatoms. The number of hydrogen-bond donors (Lipinski definition) is 1. The Kier molecular flexibility index (Phi) is 4.61. The van der Waals surface area contributed by atoms with E-state index in [-0.39, 0.29) is 0 Å². The molecule has 0 aliphatic carbocycles. The fraction of sp³-hybridized carbons (Fsp3) is 0.625. The molecule has 1 aliphatic rings. The van der Waals surface area contributed by atoms with Crippen molar-refractivity contribution in [3.8, 4) is 0 Å². The van der Waals surface area contributed by atoms with Gasteiger partial charge in [0.15, 0.2) is 0 Å². The van der Waals surface area contributed by atoms with Crippen molar-refractivity contribution < 1.29 is 0 Å². The fourth-order valence-electron chi connectivity index (χ4n) is 2.97. The summed E-state index contributed by atoms with van der Waals surface area (Å²) in [4.78, 5) is 4.97. The van der Waals surface area contributed by atoms with Crippen molar-refractivity contribution in [1.82, 2.24) is 9.80 Å². The number of hydrogen-bond acceptors (Lipinski definition) is 3. The van der Waals surface area contributed by atoms with E-state index in [0.29, 0.717) is 18.6 Å². The monoisotopic (exact) mass is 261 g/mol. The minimum atomic E-state index is 0.357. The van der Waals surface area contributed by atoms with Crippen LogP contribution < -0.4 is 5.73 Å². The van der Waals surface area contributed by atoms with Gasteiger partial charge in [-0.05, 0) is 44.5 Å². The molecule has 19 heavy (non-hydrogen) atoms. The molecule has 106 valence electrons. The van der Waals surface area contributed by atoms with E-state index in [4.69, 9.17) is 5.73 Å². The van der Waals surface area contributed by atoms with Crippen molar-refractivity contribution in [1.29, 1.82) is 0 Å². The van der Waals surface area contributed by atoms with Crippen LogP contribution in [0.4, 0.5) is 0 Å². The lowest BCUT2D eigenvalue weighted by Crippen LogP contribution is -2.52. The number of piperazine rings is 1. The molecule has 1 saturated heterocycles. The minimum Gasteiger partial charge on any atom is -0.329 e. The van der Waals surface area contributed by atoms with Crippen molar-refractivity contribution in [2.45, 2.75) is 32.9 Å². The first kappa shape index (κ1) is 14.5. The summed E-state index contributed by atoms with van der Waals surface area (Å²) in [6.45, 7) is 10.7. The van der Waals surface area contributed by atoms with E-state index in [1.165, 1.54) is 16.7 Å². The molecule has 3 nitrogen and oxygen atoms in total. The Morgan fingerprint density at radius 1 is 1.32 bits per heavy atom. The Labute approximate surface area is 117 Å². The maximum Gasteiger partial charge on any atom is 0.0474 e. The molecular weight excluding hydrogens is 234 g/mol. The summed E-state index contributed by atoms with van der Waals surface area (Å²) in [5, 5.41) is 0. The van der Waals surface area contributed by atoms with Gasteiger partial charge in [-0.1, -0.05) is 18.2 Å². The van der Waals surface area contributed by atoms with Crippen LogP contribution in [0.1, 0.15) is 29.7 Å². The number of likely N-dealkylation sites (N-methyl/N-ethyl adjacent to an activating group) is 1. The fourth-order valence-corrected chi connectivity index (χ4v) is 2.97. The zero-order valence-corrected chi connectivity index (χ0v) is 12.7. The van der Waals surface area contributed by atoms with Gasteiger partial charge < -0.3 is 10.6 Å². The smallest absolute Gasteiger partial charge is 0.0474 e. The average molecular weight is 261 g/mol. The van der Waals surface area contributed by atoms with Crippen LogP contribution >= 0.6 is 0 Å². The van der Waals surface area contributed by atoms with Crippen molar-refractivity contribution in [3.05, 3.63) is 34.9 Å². The Bertz CT molecular complexity index is 430. The van der Waals surface area contributed by atoms with Crippen LogP contribution in [0, 0.1) is 13.8 Å². The molecule has 0 aromatic heterocycles. The van der Waals surface area contributed by atoms with E-state index in [0.717, 1.165) is 19.6 Å². The van der Waals surface area contributed by atoms with Crippen molar-refractivity contribution in [3.63, 3.8) is 0 Å². The second-order valence-corrected chi connectivity index (χ2v) is 5.87. The van der Waals surface area contributed by atoms with Gasteiger partial charge in [0.25, 0.3) is 0 Å². The Hall–Kier alpha value is -0.900. The van der Waals surface area contributed by atoms with Gasteiger partial charge in [-0.15, -0.1) is 0 Å². The van der Waals surface area contributed by atoms with Crippen LogP contribution in [-0.2, 0) is 0 Å². The van der Waals surface area contributed by atoms with Gasteiger partial charge in [-0.2, -0.15) is 0 Å². The summed E-state index contributed by atoms with van der Waals surface area (Å²) >= 11 is 0. The zero-order chi connectivity index (χ0) is 14.0. The normalized spacial score (nSPS) is 23.5. The summed E-state index contributed by atoms with van der Waals surface area (Å²) in [6.07, 6.45) is 0. The predicted molar refractivity (Wildman–Crippen MR) is 81.4 cm³/mol. The lowest BCUT2D eigenvalue weighted by molar-refractivity contribution is 0.0739. The zero-order valence-electron chi connectivity index (χ0n) is 12.7. The molecule has 1 aromatic carbocycles. The van der Waals surface area contributed by atoms with Crippen LogP contribution in [-0.4, -0.2) is 49.1 Å². The van der Waals surface area contributed by atoms with Gasteiger partial charge in [0.2, 0.25) is 0 Å².